The first kappa shape index (κ1) is 15.8. The molecule has 2 aromatic rings. The highest BCUT2D eigenvalue weighted by atomic mass is 19.1. The van der Waals surface area contributed by atoms with Crippen LogP contribution in [-0.4, -0.2) is 23.2 Å². The number of aryl methyl sites for hydroxylation is 1. The highest BCUT2D eigenvalue weighted by molar-refractivity contribution is 5.41. The van der Waals surface area contributed by atoms with Crippen molar-refractivity contribution >= 4 is 0 Å². The Bertz CT molecular complexity index is 702. The van der Waals surface area contributed by atoms with E-state index in [4.69, 9.17) is 4.74 Å². The van der Waals surface area contributed by atoms with Crippen molar-refractivity contribution in [2.45, 2.75) is 38.9 Å². The van der Waals surface area contributed by atoms with E-state index in [9.17, 15) is 9.50 Å². The first-order valence-electron chi connectivity index (χ1n) is 7.94. The maximum Gasteiger partial charge on any atom is 0.160 e. The lowest BCUT2D eigenvalue weighted by Crippen LogP contribution is -2.28. The standard InChI is InChI=1S/C19H22FNO2/c1-13(6-7-14-8-9-18(22)19(10-14)23-2)21-11-15-4-3-5-17(20)16(15)12-21/h3-5,8-10,13,22H,6-7,11-12H2,1-2H3. The molecule has 0 saturated heterocycles. The van der Waals surface area contributed by atoms with Gasteiger partial charge in [0.2, 0.25) is 0 Å². The Kier molecular flexibility index (Phi) is 4.53. The van der Waals surface area contributed by atoms with Gasteiger partial charge in [-0.2, -0.15) is 0 Å². The van der Waals surface area contributed by atoms with Crippen LogP contribution in [0.25, 0.3) is 0 Å². The molecule has 0 spiro atoms. The third kappa shape index (κ3) is 3.32. The number of benzene rings is 2. The van der Waals surface area contributed by atoms with Crippen LogP contribution in [0.4, 0.5) is 4.39 Å². The van der Waals surface area contributed by atoms with Crippen molar-refractivity contribution in [2.75, 3.05) is 7.11 Å². The van der Waals surface area contributed by atoms with E-state index in [-0.39, 0.29) is 11.6 Å². The number of rotatable bonds is 5. The van der Waals surface area contributed by atoms with Crippen molar-refractivity contribution in [3.63, 3.8) is 0 Å². The average molecular weight is 315 g/mol. The van der Waals surface area contributed by atoms with Gasteiger partial charge in [0, 0.05) is 24.7 Å². The maximum absolute atomic E-state index is 13.8. The van der Waals surface area contributed by atoms with Crippen LogP contribution in [0.3, 0.4) is 0 Å². The molecule has 2 aromatic carbocycles. The van der Waals surface area contributed by atoms with Gasteiger partial charge < -0.3 is 9.84 Å². The summed E-state index contributed by atoms with van der Waals surface area (Å²) in [6.45, 7) is 3.68. The molecule has 3 nitrogen and oxygen atoms in total. The number of halogens is 1. The number of fused-ring (bicyclic) bond motifs is 1. The Morgan fingerprint density at radius 3 is 2.83 bits per heavy atom. The van der Waals surface area contributed by atoms with Gasteiger partial charge in [-0.3, -0.25) is 4.90 Å². The largest absolute Gasteiger partial charge is 0.504 e. The average Bonchev–Trinajstić information content (AvgIpc) is 2.99. The first-order chi connectivity index (χ1) is 11.1. The Labute approximate surface area is 136 Å². The fourth-order valence-corrected chi connectivity index (χ4v) is 3.15. The Balaban J connectivity index is 1.61. The van der Waals surface area contributed by atoms with Crippen LogP contribution >= 0.6 is 0 Å². The van der Waals surface area contributed by atoms with E-state index in [1.807, 2.05) is 18.2 Å². The third-order valence-corrected chi connectivity index (χ3v) is 4.67. The molecule has 0 aromatic heterocycles. The lowest BCUT2D eigenvalue weighted by atomic mass is 10.0. The molecule has 23 heavy (non-hydrogen) atoms. The Hall–Kier alpha value is -2.07. The molecule has 0 saturated carbocycles. The van der Waals surface area contributed by atoms with Crippen molar-refractivity contribution < 1.29 is 14.2 Å². The number of phenolic OH excluding ortho intramolecular Hbond substituents is 1. The van der Waals surface area contributed by atoms with Gasteiger partial charge in [-0.1, -0.05) is 18.2 Å². The van der Waals surface area contributed by atoms with Gasteiger partial charge in [-0.25, -0.2) is 4.39 Å². The number of hydrogen-bond donors (Lipinski definition) is 1. The fourth-order valence-electron chi connectivity index (χ4n) is 3.15. The van der Waals surface area contributed by atoms with E-state index in [0.29, 0.717) is 18.3 Å². The smallest absolute Gasteiger partial charge is 0.160 e. The number of methoxy groups -OCH3 is 1. The molecule has 122 valence electrons. The fraction of sp³-hybridized carbons (Fsp3) is 0.368. The van der Waals surface area contributed by atoms with Crippen LogP contribution in [0, 0.1) is 5.82 Å². The summed E-state index contributed by atoms with van der Waals surface area (Å²) < 4.78 is 19.0. The molecule has 0 radical (unpaired) electrons. The summed E-state index contributed by atoms with van der Waals surface area (Å²) in [7, 11) is 1.55. The van der Waals surface area contributed by atoms with Gasteiger partial charge in [-0.15, -0.1) is 0 Å². The van der Waals surface area contributed by atoms with Crippen LogP contribution in [0.15, 0.2) is 36.4 Å². The lowest BCUT2D eigenvalue weighted by Gasteiger charge is -2.23. The second kappa shape index (κ2) is 6.59. The van der Waals surface area contributed by atoms with Crippen LogP contribution in [0.5, 0.6) is 11.5 Å². The number of ether oxygens (including phenoxy) is 1. The van der Waals surface area contributed by atoms with E-state index in [2.05, 4.69) is 11.8 Å². The molecule has 1 atom stereocenters. The van der Waals surface area contributed by atoms with Gasteiger partial charge in [0.15, 0.2) is 11.5 Å². The minimum atomic E-state index is -0.0968. The summed E-state index contributed by atoms with van der Waals surface area (Å²) >= 11 is 0. The monoisotopic (exact) mass is 315 g/mol. The van der Waals surface area contributed by atoms with Crippen molar-refractivity contribution in [2.24, 2.45) is 0 Å². The highest BCUT2D eigenvalue weighted by Gasteiger charge is 2.25. The molecule has 0 bridgehead atoms. The van der Waals surface area contributed by atoms with Crippen LogP contribution in [-0.2, 0) is 19.5 Å². The molecule has 0 amide bonds. The second-order valence-corrected chi connectivity index (χ2v) is 6.18. The minimum absolute atomic E-state index is 0.0968. The van der Waals surface area contributed by atoms with Crippen LogP contribution in [0.2, 0.25) is 0 Å². The lowest BCUT2D eigenvalue weighted by molar-refractivity contribution is 0.202. The van der Waals surface area contributed by atoms with E-state index < -0.39 is 0 Å². The van der Waals surface area contributed by atoms with Crippen LogP contribution < -0.4 is 4.74 Å². The topological polar surface area (TPSA) is 32.7 Å². The summed E-state index contributed by atoms with van der Waals surface area (Å²) in [5, 5.41) is 9.64. The maximum atomic E-state index is 13.8. The van der Waals surface area contributed by atoms with E-state index in [1.165, 1.54) is 6.07 Å². The molecule has 1 heterocycles. The van der Waals surface area contributed by atoms with Gasteiger partial charge >= 0.3 is 0 Å². The predicted octanol–water partition coefficient (Wildman–Crippen LogP) is 3.88. The molecule has 4 heteroatoms. The summed E-state index contributed by atoms with van der Waals surface area (Å²) in [5.74, 6) is 0.570. The molecule has 1 aliphatic heterocycles. The van der Waals surface area contributed by atoms with Gasteiger partial charge in [0.1, 0.15) is 5.82 Å². The number of hydrogen-bond acceptors (Lipinski definition) is 3. The Morgan fingerprint density at radius 2 is 2.09 bits per heavy atom. The molecular formula is C19H22FNO2. The SMILES string of the molecule is COc1cc(CCC(C)N2Cc3cccc(F)c3C2)ccc1O. The molecular weight excluding hydrogens is 293 g/mol. The minimum Gasteiger partial charge on any atom is -0.504 e. The third-order valence-electron chi connectivity index (χ3n) is 4.67. The number of nitrogens with zero attached hydrogens (tertiary/aromatic N) is 1. The highest BCUT2D eigenvalue weighted by Crippen LogP contribution is 2.29. The Morgan fingerprint density at radius 1 is 1.26 bits per heavy atom. The normalized spacial score (nSPS) is 15.4. The van der Waals surface area contributed by atoms with Crippen molar-refractivity contribution in [1.29, 1.82) is 0 Å². The van der Waals surface area contributed by atoms with E-state index >= 15 is 0 Å². The van der Waals surface area contributed by atoms with Gasteiger partial charge in [0.25, 0.3) is 0 Å². The van der Waals surface area contributed by atoms with Gasteiger partial charge in [-0.05, 0) is 49.1 Å². The molecule has 3 rings (SSSR count). The van der Waals surface area contributed by atoms with Crippen molar-refractivity contribution in [3.8, 4) is 11.5 Å². The second-order valence-electron chi connectivity index (χ2n) is 6.18. The summed E-state index contributed by atoms with van der Waals surface area (Å²) in [4.78, 5) is 2.31. The molecule has 0 fully saturated rings. The zero-order valence-electron chi connectivity index (χ0n) is 13.6. The molecule has 1 unspecified atom stereocenters. The predicted molar refractivity (Wildman–Crippen MR) is 88.1 cm³/mol. The van der Waals surface area contributed by atoms with Gasteiger partial charge in [0.05, 0.1) is 7.11 Å². The van der Waals surface area contributed by atoms with Crippen molar-refractivity contribution in [1.82, 2.24) is 4.90 Å². The zero-order chi connectivity index (χ0) is 16.4. The number of phenols is 1. The quantitative estimate of drug-likeness (QED) is 0.909. The number of aromatic hydroxyl groups is 1. The van der Waals surface area contributed by atoms with E-state index in [1.54, 1.807) is 19.2 Å². The van der Waals surface area contributed by atoms with Crippen molar-refractivity contribution in [3.05, 3.63) is 58.9 Å². The summed E-state index contributed by atoms with van der Waals surface area (Å²) in [5.41, 5.74) is 3.07. The summed E-state index contributed by atoms with van der Waals surface area (Å²) in [6, 6.07) is 11.2. The first-order valence-corrected chi connectivity index (χ1v) is 7.94. The molecule has 1 N–H and O–H groups in total. The molecule has 1 aliphatic rings. The zero-order valence-corrected chi connectivity index (χ0v) is 13.6. The summed E-state index contributed by atoms with van der Waals surface area (Å²) in [6.07, 6.45) is 1.87. The molecule has 0 aliphatic carbocycles. The van der Waals surface area contributed by atoms with Crippen LogP contribution in [0.1, 0.15) is 30.0 Å². The van der Waals surface area contributed by atoms with E-state index in [0.717, 1.165) is 36.1 Å².